The third-order valence-electron chi connectivity index (χ3n) is 3.75. The second-order valence-corrected chi connectivity index (χ2v) is 5.53. The summed E-state index contributed by atoms with van der Waals surface area (Å²) in [4.78, 5) is 0. The molecular weight excluding hydrogens is 250 g/mol. The van der Waals surface area contributed by atoms with Crippen LogP contribution in [-0.2, 0) is 11.2 Å². The fourth-order valence-electron chi connectivity index (χ4n) is 2.42. The maximum Gasteiger partial charge on any atom is 0.119 e. The summed E-state index contributed by atoms with van der Waals surface area (Å²) in [5, 5.41) is 3.43. The van der Waals surface area contributed by atoms with Gasteiger partial charge in [0.05, 0.1) is 6.61 Å². The number of hydrogen-bond acceptors (Lipinski definition) is 3. The Morgan fingerprint density at radius 3 is 2.85 bits per heavy atom. The molecule has 0 radical (unpaired) electrons. The quantitative estimate of drug-likeness (QED) is 0.704. The molecule has 0 saturated carbocycles. The smallest absolute Gasteiger partial charge is 0.119 e. The van der Waals surface area contributed by atoms with Crippen molar-refractivity contribution in [1.29, 1.82) is 0 Å². The van der Waals surface area contributed by atoms with Crippen LogP contribution in [0.2, 0.25) is 0 Å². The van der Waals surface area contributed by atoms with Crippen LogP contribution in [0.3, 0.4) is 0 Å². The summed E-state index contributed by atoms with van der Waals surface area (Å²) in [5.74, 6) is 1.66. The molecule has 1 aliphatic rings. The van der Waals surface area contributed by atoms with Crippen molar-refractivity contribution in [2.45, 2.75) is 32.6 Å². The monoisotopic (exact) mass is 277 g/mol. The molecule has 0 spiro atoms. The van der Waals surface area contributed by atoms with Crippen LogP contribution >= 0.6 is 0 Å². The lowest BCUT2D eigenvalue weighted by Crippen LogP contribution is -2.27. The van der Waals surface area contributed by atoms with Crippen LogP contribution in [-0.4, -0.2) is 32.9 Å². The highest BCUT2D eigenvalue weighted by atomic mass is 16.5. The molecule has 1 saturated heterocycles. The number of benzene rings is 1. The SMILES string of the molecule is CCCCc1ccc(OCCNCC2CCOC2)cc1. The summed E-state index contributed by atoms with van der Waals surface area (Å²) in [6.45, 7) is 6.72. The summed E-state index contributed by atoms with van der Waals surface area (Å²) >= 11 is 0. The number of ether oxygens (including phenoxy) is 2. The molecule has 0 aromatic heterocycles. The first-order valence-corrected chi connectivity index (χ1v) is 7.88. The van der Waals surface area contributed by atoms with Crippen molar-refractivity contribution in [3.05, 3.63) is 29.8 Å². The van der Waals surface area contributed by atoms with Gasteiger partial charge in [0, 0.05) is 19.7 Å². The molecule has 1 heterocycles. The summed E-state index contributed by atoms with van der Waals surface area (Å²) in [6, 6.07) is 8.51. The maximum atomic E-state index is 5.74. The lowest BCUT2D eigenvalue weighted by atomic mass is 10.1. The zero-order valence-corrected chi connectivity index (χ0v) is 12.6. The molecule has 2 rings (SSSR count). The molecule has 20 heavy (non-hydrogen) atoms. The second kappa shape index (κ2) is 8.98. The van der Waals surface area contributed by atoms with Gasteiger partial charge in [-0.05, 0) is 42.9 Å². The van der Waals surface area contributed by atoms with Gasteiger partial charge in [-0.2, -0.15) is 0 Å². The zero-order chi connectivity index (χ0) is 14.0. The van der Waals surface area contributed by atoms with Crippen LogP contribution in [0.5, 0.6) is 5.75 Å². The van der Waals surface area contributed by atoms with Gasteiger partial charge < -0.3 is 14.8 Å². The Labute approximate surface area is 122 Å². The van der Waals surface area contributed by atoms with E-state index < -0.39 is 0 Å². The molecule has 1 N–H and O–H groups in total. The van der Waals surface area contributed by atoms with Crippen molar-refractivity contribution in [3.63, 3.8) is 0 Å². The molecule has 1 fully saturated rings. The minimum absolute atomic E-state index is 0.688. The standard InChI is InChI=1S/C17H27NO2/c1-2-3-4-15-5-7-17(8-6-15)20-12-10-18-13-16-9-11-19-14-16/h5-8,16,18H,2-4,9-14H2,1H3. The molecule has 0 amide bonds. The number of aryl methyl sites for hydroxylation is 1. The Balaban J connectivity index is 1.56. The lowest BCUT2D eigenvalue weighted by molar-refractivity contribution is 0.185. The third-order valence-corrected chi connectivity index (χ3v) is 3.75. The van der Waals surface area contributed by atoms with E-state index in [0.717, 1.165) is 38.7 Å². The van der Waals surface area contributed by atoms with E-state index in [-0.39, 0.29) is 0 Å². The van der Waals surface area contributed by atoms with Crippen LogP contribution in [0, 0.1) is 5.92 Å². The van der Waals surface area contributed by atoms with Crippen molar-refractivity contribution in [2.75, 3.05) is 32.9 Å². The fourth-order valence-corrected chi connectivity index (χ4v) is 2.42. The minimum atomic E-state index is 0.688. The van der Waals surface area contributed by atoms with Crippen molar-refractivity contribution < 1.29 is 9.47 Å². The Morgan fingerprint density at radius 1 is 1.30 bits per heavy atom. The van der Waals surface area contributed by atoms with Gasteiger partial charge in [-0.15, -0.1) is 0 Å². The highest BCUT2D eigenvalue weighted by Crippen LogP contribution is 2.14. The molecule has 3 nitrogen and oxygen atoms in total. The lowest BCUT2D eigenvalue weighted by Gasteiger charge is -2.10. The number of hydrogen-bond donors (Lipinski definition) is 1. The average Bonchev–Trinajstić information content (AvgIpc) is 2.99. The maximum absolute atomic E-state index is 5.74. The van der Waals surface area contributed by atoms with Gasteiger partial charge >= 0.3 is 0 Å². The van der Waals surface area contributed by atoms with E-state index in [1.54, 1.807) is 0 Å². The largest absolute Gasteiger partial charge is 0.492 e. The number of rotatable bonds is 9. The van der Waals surface area contributed by atoms with E-state index in [4.69, 9.17) is 9.47 Å². The summed E-state index contributed by atoms with van der Waals surface area (Å²) in [6.07, 6.45) is 4.86. The van der Waals surface area contributed by atoms with Crippen molar-refractivity contribution in [1.82, 2.24) is 5.32 Å². The van der Waals surface area contributed by atoms with Gasteiger partial charge in [-0.1, -0.05) is 25.5 Å². The van der Waals surface area contributed by atoms with Gasteiger partial charge in [0.25, 0.3) is 0 Å². The molecule has 112 valence electrons. The Morgan fingerprint density at radius 2 is 2.15 bits per heavy atom. The van der Waals surface area contributed by atoms with Crippen molar-refractivity contribution >= 4 is 0 Å². The Kier molecular flexibility index (Phi) is 6.89. The normalized spacial score (nSPS) is 18.4. The van der Waals surface area contributed by atoms with Gasteiger partial charge in [0.2, 0.25) is 0 Å². The second-order valence-electron chi connectivity index (χ2n) is 5.53. The molecule has 1 aliphatic heterocycles. The summed E-state index contributed by atoms with van der Waals surface area (Å²) in [5.41, 5.74) is 1.40. The molecule has 1 aromatic carbocycles. The first-order chi connectivity index (χ1) is 9.88. The van der Waals surface area contributed by atoms with E-state index in [1.165, 1.54) is 31.2 Å². The van der Waals surface area contributed by atoms with Gasteiger partial charge in [0.15, 0.2) is 0 Å². The third kappa shape index (κ3) is 5.51. The van der Waals surface area contributed by atoms with E-state index in [9.17, 15) is 0 Å². The first kappa shape index (κ1) is 15.3. The first-order valence-electron chi connectivity index (χ1n) is 7.88. The molecule has 3 heteroatoms. The van der Waals surface area contributed by atoms with Crippen LogP contribution in [0.4, 0.5) is 0 Å². The zero-order valence-electron chi connectivity index (χ0n) is 12.6. The molecule has 1 unspecified atom stereocenters. The molecule has 1 aromatic rings. The van der Waals surface area contributed by atoms with Crippen LogP contribution in [0.1, 0.15) is 31.7 Å². The van der Waals surface area contributed by atoms with E-state index >= 15 is 0 Å². The predicted molar refractivity (Wildman–Crippen MR) is 82.3 cm³/mol. The molecule has 1 atom stereocenters. The molecule has 0 aliphatic carbocycles. The topological polar surface area (TPSA) is 30.5 Å². The Hall–Kier alpha value is -1.06. The Bertz CT molecular complexity index is 358. The van der Waals surface area contributed by atoms with Gasteiger partial charge in [-0.3, -0.25) is 0 Å². The number of nitrogens with one attached hydrogen (secondary N) is 1. The van der Waals surface area contributed by atoms with E-state index in [2.05, 4.69) is 36.5 Å². The summed E-state index contributed by atoms with van der Waals surface area (Å²) in [7, 11) is 0. The van der Waals surface area contributed by atoms with Gasteiger partial charge in [-0.25, -0.2) is 0 Å². The minimum Gasteiger partial charge on any atom is -0.492 e. The highest BCUT2D eigenvalue weighted by molar-refractivity contribution is 5.27. The van der Waals surface area contributed by atoms with E-state index in [1.807, 2.05) is 0 Å². The molecular formula is C17H27NO2. The summed E-state index contributed by atoms with van der Waals surface area (Å²) < 4.78 is 11.1. The fraction of sp³-hybridized carbons (Fsp3) is 0.647. The van der Waals surface area contributed by atoms with Crippen molar-refractivity contribution in [2.24, 2.45) is 5.92 Å². The van der Waals surface area contributed by atoms with Gasteiger partial charge in [0.1, 0.15) is 12.4 Å². The highest BCUT2D eigenvalue weighted by Gasteiger charge is 2.14. The van der Waals surface area contributed by atoms with Crippen molar-refractivity contribution in [3.8, 4) is 5.75 Å². The number of unbranched alkanes of at least 4 members (excludes halogenated alkanes) is 1. The average molecular weight is 277 g/mol. The van der Waals surface area contributed by atoms with Crippen LogP contribution < -0.4 is 10.1 Å². The molecule has 0 bridgehead atoms. The predicted octanol–water partition coefficient (Wildman–Crippen LogP) is 3.03. The van der Waals surface area contributed by atoms with Crippen LogP contribution in [0.15, 0.2) is 24.3 Å². The van der Waals surface area contributed by atoms with Crippen LogP contribution in [0.25, 0.3) is 0 Å². The van der Waals surface area contributed by atoms with E-state index in [0.29, 0.717) is 5.92 Å².